The molecule has 5 heteroatoms. The van der Waals surface area contributed by atoms with Crippen molar-refractivity contribution >= 4 is 5.69 Å². The molecule has 1 N–H and O–H groups in total. The topological polar surface area (TPSA) is 41.9 Å². The number of aliphatic hydroxyl groups is 1. The Morgan fingerprint density at radius 2 is 2.00 bits per heavy atom. The molecule has 0 amide bonds. The maximum absolute atomic E-state index is 14.2. The third-order valence-electron chi connectivity index (χ3n) is 4.56. The summed E-state index contributed by atoms with van der Waals surface area (Å²) in [5, 5.41) is 10.6. The summed E-state index contributed by atoms with van der Waals surface area (Å²) in [4.78, 5) is 1.98. The van der Waals surface area contributed by atoms with Crippen LogP contribution in [0.2, 0.25) is 0 Å². The Balaban J connectivity index is 2.01. The van der Waals surface area contributed by atoms with E-state index in [4.69, 9.17) is 13.6 Å². The zero-order valence-corrected chi connectivity index (χ0v) is 13.6. The molecule has 2 atom stereocenters. The fraction of sp³-hybridized carbons (Fsp3) is 0.368. The zero-order chi connectivity index (χ0) is 19.8. The quantitative estimate of drug-likeness (QED) is 0.930. The number of halogens is 1. The summed E-state index contributed by atoms with van der Waals surface area (Å²) in [6.45, 7) is 2.26. The molecule has 0 bridgehead atoms. The number of methoxy groups -OCH3 is 2. The number of nitrogens with zero attached hydrogens (tertiary/aromatic N) is 1. The number of rotatable bonds is 4. The van der Waals surface area contributed by atoms with Gasteiger partial charge in [-0.1, -0.05) is 0 Å². The second-order valence-corrected chi connectivity index (χ2v) is 5.91. The van der Waals surface area contributed by atoms with Gasteiger partial charge < -0.3 is 19.5 Å². The monoisotopic (exact) mass is 334 g/mol. The number of benzene rings is 2. The van der Waals surface area contributed by atoms with Crippen LogP contribution in [0.15, 0.2) is 36.4 Å². The van der Waals surface area contributed by atoms with Crippen LogP contribution in [-0.2, 0) is 0 Å². The molecule has 2 aromatic rings. The molecule has 0 aromatic heterocycles. The molecule has 1 saturated heterocycles. The lowest BCUT2D eigenvalue weighted by Crippen LogP contribution is -2.28. The summed E-state index contributed by atoms with van der Waals surface area (Å²) in [5.41, 5.74) is 1.87. The summed E-state index contributed by atoms with van der Waals surface area (Å²) in [6.07, 6.45) is -0.199. The highest BCUT2D eigenvalue weighted by Gasteiger charge is 2.36. The van der Waals surface area contributed by atoms with Gasteiger partial charge >= 0.3 is 0 Å². The Morgan fingerprint density at radius 3 is 2.67 bits per heavy atom. The van der Waals surface area contributed by atoms with Gasteiger partial charge in [0, 0.05) is 18.3 Å². The van der Waals surface area contributed by atoms with Crippen LogP contribution in [0.5, 0.6) is 11.5 Å². The molecule has 3 rings (SSSR count). The molecule has 4 nitrogen and oxygen atoms in total. The van der Waals surface area contributed by atoms with Crippen molar-refractivity contribution in [2.75, 3.05) is 25.6 Å². The van der Waals surface area contributed by atoms with Crippen molar-refractivity contribution in [3.05, 3.63) is 53.3 Å². The Morgan fingerprint density at radius 1 is 1.25 bits per heavy atom. The Hall–Kier alpha value is -2.27. The highest BCUT2D eigenvalue weighted by atomic mass is 19.1. The van der Waals surface area contributed by atoms with Gasteiger partial charge in [-0.3, -0.25) is 0 Å². The Labute approximate surface area is 145 Å². The van der Waals surface area contributed by atoms with Crippen molar-refractivity contribution in [1.29, 1.82) is 0 Å². The molecule has 0 aliphatic carbocycles. The standard InChI is InChI=1S/C19H22FNO3/c1-12-16(10-13(20)11-18(12)24-3)19-17(22)8-9-21(19)14-4-6-15(23-2)7-5-14/h4-7,10-11,17,19,22H,8-9H2,1-3H3/t17-,19-/m1/s1/i3D3. The van der Waals surface area contributed by atoms with Gasteiger partial charge in [-0.05, 0) is 54.8 Å². The van der Waals surface area contributed by atoms with E-state index in [1.54, 1.807) is 14.0 Å². The second kappa shape index (κ2) is 6.69. The molecule has 0 radical (unpaired) electrons. The highest BCUT2D eigenvalue weighted by Crippen LogP contribution is 2.40. The first kappa shape index (κ1) is 13.1. The van der Waals surface area contributed by atoms with Gasteiger partial charge in [0.1, 0.15) is 17.3 Å². The van der Waals surface area contributed by atoms with Gasteiger partial charge in [-0.25, -0.2) is 4.39 Å². The van der Waals surface area contributed by atoms with Gasteiger partial charge in [0.25, 0.3) is 0 Å². The van der Waals surface area contributed by atoms with E-state index in [9.17, 15) is 9.50 Å². The SMILES string of the molecule is [2H]C([2H])([2H])Oc1cc(F)cc([C@@H]2[C@H](O)CCN2c2ccc(OC)cc2)c1C. The van der Waals surface area contributed by atoms with Gasteiger partial charge in [0.15, 0.2) is 0 Å². The fourth-order valence-electron chi connectivity index (χ4n) is 3.30. The lowest BCUT2D eigenvalue weighted by Gasteiger charge is -2.30. The average Bonchev–Trinajstić information content (AvgIpc) is 2.98. The number of hydrogen-bond acceptors (Lipinski definition) is 4. The Bertz CT molecular complexity index is 811. The van der Waals surface area contributed by atoms with Crippen molar-refractivity contribution in [2.24, 2.45) is 0 Å². The largest absolute Gasteiger partial charge is 0.497 e. The summed E-state index contributed by atoms with van der Waals surface area (Å²) in [6, 6.07) is 9.27. The minimum Gasteiger partial charge on any atom is -0.497 e. The summed E-state index contributed by atoms with van der Waals surface area (Å²) < 4.78 is 46.2. The lowest BCUT2D eigenvalue weighted by molar-refractivity contribution is 0.164. The molecule has 1 aliphatic heterocycles. The fourth-order valence-corrected chi connectivity index (χ4v) is 3.30. The molecular weight excluding hydrogens is 309 g/mol. The zero-order valence-electron chi connectivity index (χ0n) is 16.6. The number of anilines is 1. The third kappa shape index (κ3) is 2.91. The molecule has 1 aliphatic rings. The Kier molecular flexibility index (Phi) is 3.64. The van der Waals surface area contributed by atoms with Crippen molar-refractivity contribution in [2.45, 2.75) is 25.5 Å². The predicted molar refractivity (Wildman–Crippen MR) is 91.4 cm³/mol. The summed E-state index contributed by atoms with van der Waals surface area (Å²) in [5.74, 6) is 0.0627. The highest BCUT2D eigenvalue weighted by molar-refractivity contribution is 5.55. The van der Waals surface area contributed by atoms with Crippen LogP contribution in [0.4, 0.5) is 10.1 Å². The van der Waals surface area contributed by atoms with Gasteiger partial charge in [-0.15, -0.1) is 0 Å². The predicted octanol–water partition coefficient (Wildman–Crippen LogP) is 3.46. The number of hydrogen-bond donors (Lipinski definition) is 1. The van der Waals surface area contributed by atoms with E-state index in [1.807, 2.05) is 29.2 Å². The van der Waals surface area contributed by atoms with E-state index in [0.717, 1.165) is 11.8 Å². The van der Waals surface area contributed by atoms with Crippen LogP contribution in [-0.4, -0.2) is 31.9 Å². The smallest absolute Gasteiger partial charge is 0.127 e. The van der Waals surface area contributed by atoms with E-state index in [1.165, 1.54) is 6.07 Å². The third-order valence-corrected chi connectivity index (χ3v) is 4.56. The van der Waals surface area contributed by atoms with Gasteiger partial charge in [0.2, 0.25) is 0 Å². The summed E-state index contributed by atoms with van der Waals surface area (Å²) in [7, 11) is -1.10. The van der Waals surface area contributed by atoms with Crippen LogP contribution in [0.1, 0.15) is 27.7 Å². The molecule has 1 fully saturated rings. The average molecular weight is 334 g/mol. The van der Waals surface area contributed by atoms with Gasteiger partial charge in [0.05, 0.1) is 30.4 Å². The second-order valence-electron chi connectivity index (χ2n) is 5.91. The maximum Gasteiger partial charge on any atom is 0.127 e. The van der Waals surface area contributed by atoms with Crippen LogP contribution in [0.3, 0.4) is 0 Å². The number of aliphatic hydroxyl groups excluding tert-OH is 1. The van der Waals surface area contributed by atoms with Gasteiger partial charge in [-0.2, -0.15) is 0 Å². The van der Waals surface area contributed by atoms with Crippen LogP contribution < -0.4 is 14.4 Å². The van der Waals surface area contributed by atoms with Crippen LogP contribution >= 0.6 is 0 Å². The van der Waals surface area contributed by atoms with E-state index < -0.39 is 25.0 Å². The molecule has 1 heterocycles. The first-order valence-corrected chi connectivity index (χ1v) is 7.77. The van der Waals surface area contributed by atoms with Crippen molar-refractivity contribution < 1.29 is 23.1 Å². The number of ether oxygens (including phenoxy) is 2. The van der Waals surface area contributed by atoms with E-state index >= 15 is 0 Å². The minimum absolute atomic E-state index is 0.0428. The van der Waals surface area contributed by atoms with E-state index in [2.05, 4.69) is 0 Å². The molecule has 2 aromatic carbocycles. The van der Waals surface area contributed by atoms with Crippen molar-refractivity contribution in [3.8, 4) is 11.5 Å². The molecule has 0 spiro atoms. The van der Waals surface area contributed by atoms with Crippen molar-refractivity contribution in [1.82, 2.24) is 0 Å². The van der Waals surface area contributed by atoms with Crippen LogP contribution in [0, 0.1) is 12.7 Å². The molecule has 128 valence electrons. The molecule has 0 unspecified atom stereocenters. The van der Waals surface area contributed by atoms with E-state index in [-0.39, 0.29) is 5.75 Å². The molecular formula is C19H22FNO3. The maximum atomic E-state index is 14.2. The normalized spacial score (nSPS) is 22.7. The molecule has 0 saturated carbocycles. The minimum atomic E-state index is -2.68. The van der Waals surface area contributed by atoms with E-state index in [0.29, 0.717) is 29.8 Å². The summed E-state index contributed by atoms with van der Waals surface area (Å²) >= 11 is 0. The van der Waals surface area contributed by atoms with Crippen LogP contribution in [0.25, 0.3) is 0 Å². The van der Waals surface area contributed by atoms with Crippen molar-refractivity contribution in [3.63, 3.8) is 0 Å². The lowest BCUT2D eigenvalue weighted by atomic mass is 9.96. The first-order valence-electron chi connectivity index (χ1n) is 9.27. The first-order chi connectivity index (χ1) is 12.7. The molecule has 24 heavy (non-hydrogen) atoms.